The van der Waals surface area contributed by atoms with Crippen LogP contribution in [0, 0.1) is 5.41 Å². The molecule has 1 atom stereocenters. The first-order chi connectivity index (χ1) is 9.20. The van der Waals surface area contributed by atoms with E-state index in [1.165, 1.54) is 0 Å². The fourth-order valence-corrected chi connectivity index (χ4v) is 1.40. The lowest BCUT2D eigenvalue weighted by atomic mass is 9.81. The van der Waals surface area contributed by atoms with Crippen molar-refractivity contribution in [3.63, 3.8) is 0 Å². The average molecular weight is 310 g/mol. The number of benzene rings is 1. The van der Waals surface area contributed by atoms with Gasteiger partial charge in [-0.15, -0.1) is 0 Å². The van der Waals surface area contributed by atoms with Gasteiger partial charge in [-0.05, 0) is 5.56 Å². The summed E-state index contributed by atoms with van der Waals surface area (Å²) >= 11 is 0. The molecule has 7 N–H and O–H groups in total. The molecule has 1 unspecified atom stereocenters. The Morgan fingerprint density at radius 3 is 1.60 bits per heavy atom. The normalized spacial score (nSPS) is 13.3. The highest BCUT2D eigenvalue weighted by Gasteiger charge is 2.37. The summed E-state index contributed by atoms with van der Waals surface area (Å²) in [6, 6.07) is 8.65. The van der Waals surface area contributed by atoms with E-state index < -0.39 is 39.2 Å². The van der Waals surface area contributed by atoms with E-state index in [2.05, 4.69) is 0 Å². The molecule has 1 aromatic carbocycles. The third kappa shape index (κ3) is 6.56. The topological polar surface area (TPSA) is 159 Å². The zero-order valence-corrected chi connectivity index (χ0v) is 11.5. The highest BCUT2D eigenvalue weighted by molar-refractivity contribution is 7.45. The molecule has 8 nitrogen and oxygen atoms in total. The molecule has 0 heterocycles. The van der Waals surface area contributed by atoms with E-state index >= 15 is 0 Å². The molecule has 0 radical (unpaired) electrons. The molecule has 0 aliphatic heterocycles. The molecule has 0 saturated heterocycles. The van der Waals surface area contributed by atoms with Crippen LogP contribution in [0.4, 0.5) is 0 Å². The van der Waals surface area contributed by atoms with Crippen molar-refractivity contribution >= 4 is 7.82 Å². The van der Waals surface area contributed by atoms with Gasteiger partial charge in [0.15, 0.2) is 0 Å². The summed E-state index contributed by atoms with van der Waals surface area (Å²) in [5.74, 6) is 0. The Labute approximate surface area is 115 Å². The molecule has 1 aromatic rings. The van der Waals surface area contributed by atoms with Crippen molar-refractivity contribution in [2.24, 2.45) is 5.41 Å². The van der Waals surface area contributed by atoms with Crippen LogP contribution < -0.4 is 0 Å². The van der Waals surface area contributed by atoms with Crippen molar-refractivity contribution in [1.82, 2.24) is 0 Å². The number of phosphoric acid groups is 1. The molecule has 116 valence electrons. The maximum atomic E-state index is 9.95. The van der Waals surface area contributed by atoms with Crippen molar-refractivity contribution in [3.8, 4) is 0 Å². The van der Waals surface area contributed by atoms with Gasteiger partial charge < -0.3 is 35.1 Å². The highest BCUT2D eigenvalue weighted by Crippen LogP contribution is 2.32. The van der Waals surface area contributed by atoms with Crippen molar-refractivity contribution in [3.05, 3.63) is 35.9 Å². The van der Waals surface area contributed by atoms with Crippen LogP contribution in [0.15, 0.2) is 30.3 Å². The van der Waals surface area contributed by atoms with Crippen LogP contribution in [0.3, 0.4) is 0 Å². The van der Waals surface area contributed by atoms with Crippen LogP contribution >= 0.6 is 7.82 Å². The van der Waals surface area contributed by atoms with Gasteiger partial charge in [0.05, 0.1) is 31.3 Å². The second kappa shape index (κ2) is 8.46. The predicted octanol–water partition coefficient (Wildman–Crippen LogP) is -1.25. The van der Waals surface area contributed by atoms with Crippen LogP contribution in [0.1, 0.15) is 11.7 Å². The van der Waals surface area contributed by atoms with E-state index in [1.807, 2.05) is 0 Å². The Morgan fingerprint density at radius 1 is 0.950 bits per heavy atom. The van der Waals surface area contributed by atoms with Crippen molar-refractivity contribution in [2.75, 3.05) is 19.8 Å². The smallest absolute Gasteiger partial charge is 0.395 e. The second-order valence-corrected chi connectivity index (χ2v) is 5.19. The molecular formula is C11H19O8P. The van der Waals surface area contributed by atoms with Gasteiger partial charge in [0.1, 0.15) is 0 Å². The fraction of sp³-hybridized carbons (Fsp3) is 0.455. The molecule has 20 heavy (non-hydrogen) atoms. The van der Waals surface area contributed by atoms with Crippen LogP contribution in [0.2, 0.25) is 0 Å². The molecule has 0 aliphatic rings. The van der Waals surface area contributed by atoms with E-state index in [0.29, 0.717) is 5.56 Å². The third-order valence-electron chi connectivity index (χ3n) is 2.64. The first-order valence-electron chi connectivity index (χ1n) is 5.54. The number of aliphatic hydroxyl groups excluding tert-OH is 4. The molecule has 0 aliphatic carbocycles. The quantitative estimate of drug-likeness (QED) is 0.332. The Bertz CT molecular complexity index is 397. The van der Waals surface area contributed by atoms with Crippen molar-refractivity contribution < 1.29 is 39.7 Å². The van der Waals surface area contributed by atoms with Crippen molar-refractivity contribution in [1.29, 1.82) is 0 Å². The summed E-state index contributed by atoms with van der Waals surface area (Å²) in [6.45, 7) is -1.43. The van der Waals surface area contributed by atoms with Gasteiger partial charge in [0, 0.05) is 0 Å². The summed E-state index contributed by atoms with van der Waals surface area (Å²) in [7, 11) is -4.64. The van der Waals surface area contributed by atoms with Gasteiger partial charge in [0.2, 0.25) is 0 Å². The lowest BCUT2D eigenvalue weighted by Crippen LogP contribution is -2.40. The molecule has 0 aromatic heterocycles. The Morgan fingerprint density at radius 2 is 1.30 bits per heavy atom. The predicted molar refractivity (Wildman–Crippen MR) is 69.4 cm³/mol. The average Bonchev–Trinajstić information content (AvgIpc) is 2.40. The number of rotatable bonds is 5. The maximum Gasteiger partial charge on any atom is 0.466 e. The summed E-state index contributed by atoms with van der Waals surface area (Å²) in [5.41, 5.74) is -0.726. The van der Waals surface area contributed by atoms with Gasteiger partial charge in [-0.3, -0.25) is 0 Å². The van der Waals surface area contributed by atoms with E-state index in [4.69, 9.17) is 34.6 Å². The van der Waals surface area contributed by atoms with Crippen LogP contribution in [-0.2, 0) is 4.57 Å². The molecule has 0 saturated carbocycles. The van der Waals surface area contributed by atoms with Gasteiger partial charge in [-0.1, -0.05) is 30.3 Å². The second-order valence-electron chi connectivity index (χ2n) is 4.16. The van der Waals surface area contributed by atoms with Gasteiger partial charge >= 0.3 is 7.82 Å². The summed E-state index contributed by atoms with van der Waals surface area (Å²) in [5, 5.41) is 37.3. The lowest BCUT2D eigenvalue weighted by molar-refractivity contribution is -0.0852. The lowest BCUT2D eigenvalue weighted by Gasteiger charge is -2.32. The van der Waals surface area contributed by atoms with E-state index in [1.54, 1.807) is 30.3 Å². The zero-order valence-electron chi connectivity index (χ0n) is 10.6. The monoisotopic (exact) mass is 310 g/mol. The first kappa shape index (κ1) is 19.2. The van der Waals surface area contributed by atoms with E-state index in [9.17, 15) is 5.11 Å². The van der Waals surface area contributed by atoms with E-state index in [0.717, 1.165) is 0 Å². The molecular weight excluding hydrogens is 291 g/mol. The number of hydrogen-bond acceptors (Lipinski definition) is 5. The summed E-state index contributed by atoms with van der Waals surface area (Å²) < 4.78 is 8.88. The fourth-order valence-electron chi connectivity index (χ4n) is 1.40. The third-order valence-corrected chi connectivity index (χ3v) is 2.64. The summed E-state index contributed by atoms with van der Waals surface area (Å²) in [4.78, 5) is 21.6. The largest absolute Gasteiger partial charge is 0.466 e. The minimum absolute atomic E-state index is 0.476. The molecule has 0 amide bonds. The Balaban J connectivity index is 0.000000621. The van der Waals surface area contributed by atoms with Crippen molar-refractivity contribution in [2.45, 2.75) is 6.10 Å². The number of hydrogen-bond donors (Lipinski definition) is 7. The van der Waals surface area contributed by atoms with Crippen LogP contribution in [-0.4, -0.2) is 54.9 Å². The van der Waals surface area contributed by atoms with Gasteiger partial charge in [-0.25, -0.2) is 4.57 Å². The molecule has 9 heteroatoms. The summed E-state index contributed by atoms with van der Waals surface area (Å²) in [6.07, 6.45) is -1.08. The standard InChI is InChI=1S/C11H16O4.H3O4P/c12-6-11(7-13,8-14)10(15)9-4-2-1-3-5-9;1-5(2,3)4/h1-5,10,12-15H,6-8H2;(H3,1,2,3,4). The van der Waals surface area contributed by atoms with Crippen LogP contribution in [0.25, 0.3) is 0 Å². The molecule has 0 bridgehead atoms. The highest BCUT2D eigenvalue weighted by atomic mass is 31.2. The van der Waals surface area contributed by atoms with Gasteiger partial charge in [0.25, 0.3) is 0 Å². The van der Waals surface area contributed by atoms with E-state index in [-0.39, 0.29) is 0 Å². The SMILES string of the molecule is O=P(O)(O)O.OCC(CO)(CO)C(O)c1ccccc1. The first-order valence-corrected chi connectivity index (χ1v) is 7.10. The molecule has 0 fully saturated rings. The zero-order chi connectivity index (χ0) is 15.8. The molecule has 1 rings (SSSR count). The maximum absolute atomic E-state index is 9.95. The minimum Gasteiger partial charge on any atom is -0.395 e. The Hall–Kier alpha value is -0.830. The number of aliphatic hydroxyl groups is 4. The van der Waals surface area contributed by atoms with Crippen LogP contribution in [0.5, 0.6) is 0 Å². The Kier molecular flexibility index (Phi) is 8.10. The van der Waals surface area contributed by atoms with Gasteiger partial charge in [-0.2, -0.15) is 0 Å². The molecule has 0 spiro atoms. The minimum atomic E-state index is -4.64.